The van der Waals surface area contributed by atoms with Crippen LogP contribution in [0.15, 0.2) is 67.0 Å². The summed E-state index contributed by atoms with van der Waals surface area (Å²) < 4.78 is 5.74. The predicted molar refractivity (Wildman–Crippen MR) is 146 cm³/mol. The number of benzene rings is 3. The van der Waals surface area contributed by atoms with Crippen molar-refractivity contribution in [1.29, 1.82) is 5.26 Å². The number of aromatic nitrogens is 2. The molecule has 37 heavy (non-hydrogen) atoms. The summed E-state index contributed by atoms with van der Waals surface area (Å²) in [6.45, 7) is 6.77. The third kappa shape index (κ3) is 6.02. The minimum Gasteiger partial charge on any atom is -0.493 e. The summed E-state index contributed by atoms with van der Waals surface area (Å²) in [4.78, 5) is 21.8. The first-order chi connectivity index (χ1) is 17.8. The van der Waals surface area contributed by atoms with Crippen LogP contribution in [0.4, 0.5) is 17.2 Å². The molecule has 8 heteroatoms. The van der Waals surface area contributed by atoms with Crippen LogP contribution in [0.3, 0.4) is 0 Å². The highest BCUT2D eigenvalue weighted by molar-refractivity contribution is 6.04. The highest BCUT2D eigenvalue weighted by Crippen LogP contribution is 2.29. The van der Waals surface area contributed by atoms with Gasteiger partial charge in [-0.1, -0.05) is 18.2 Å². The second-order valence-corrected chi connectivity index (χ2v) is 9.32. The summed E-state index contributed by atoms with van der Waals surface area (Å²) in [7, 11) is 0. The van der Waals surface area contributed by atoms with Crippen LogP contribution in [-0.4, -0.2) is 29.0 Å². The molecule has 0 unspecified atom stereocenters. The van der Waals surface area contributed by atoms with E-state index in [1.165, 1.54) is 6.33 Å². The first-order valence-corrected chi connectivity index (χ1v) is 12.1. The summed E-state index contributed by atoms with van der Waals surface area (Å²) in [5.74, 6) is 1.13. The van der Waals surface area contributed by atoms with Crippen molar-refractivity contribution in [2.24, 2.45) is 5.73 Å². The molecule has 4 aromatic rings. The Hall–Kier alpha value is -4.48. The second-order valence-electron chi connectivity index (χ2n) is 9.32. The first-order valence-electron chi connectivity index (χ1n) is 12.1. The predicted octanol–water partition coefficient (Wildman–Crippen LogP) is 5.46. The number of nitriles is 1. The number of rotatable bonds is 9. The molecule has 0 aliphatic carbocycles. The number of aryl methyl sites for hydroxylation is 1. The van der Waals surface area contributed by atoms with E-state index in [1.54, 1.807) is 18.2 Å². The summed E-state index contributed by atoms with van der Waals surface area (Å²) in [6.07, 6.45) is 2.29. The molecular weight excluding hydrogens is 464 g/mol. The van der Waals surface area contributed by atoms with Gasteiger partial charge in [0.2, 0.25) is 0 Å². The molecule has 0 saturated heterocycles. The van der Waals surface area contributed by atoms with Crippen molar-refractivity contribution in [3.63, 3.8) is 0 Å². The molecule has 0 atom stereocenters. The van der Waals surface area contributed by atoms with Crippen LogP contribution in [0, 0.1) is 18.3 Å². The maximum atomic E-state index is 13.0. The van der Waals surface area contributed by atoms with E-state index in [0.29, 0.717) is 30.2 Å². The molecule has 4 rings (SSSR count). The summed E-state index contributed by atoms with van der Waals surface area (Å²) in [5, 5.41) is 16.6. The number of anilines is 3. The average molecular weight is 495 g/mol. The zero-order chi connectivity index (χ0) is 26.4. The molecule has 0 saturated carbocycles. The van der Waals surface area contributed by atoms with Gasteiger partial charge < -0.3 is 21.1 Å². The largest absolute Gasteiger partial charge is 0.493 e. The fraction of sp³-hybridized carbons (Fsp3) is 0.241. The fourth-order valence-electron chi connectivity index (χ4n) is 3.78. The van der Waals surface area contributed by atoms with Gasteiger partial charge in [-0.25, -0.2) is 9.97 Å². The number of nitrogens with two attached hydrogens (primary N) is 1. The van der Waals surface area contributed by atoms with E-state index in [0.717, 1.165) is 39.9 Å². The van der Waals surface area contributed by atoms with Crippen molar-refractivity contribution in [2.75, 3.05) is 23.8 Å². The molecular formula is C29H30N6O2. The fourth-order valence-corrected chi connectivity index (χ4v) is 3.78. The number of carbonyl (C=O) groups excluding carboxylic acids is 1. The van der Waals surface area contributed by atoms with Crippen molar-refractivity contribution >= 4 is 34.0 Å². The average Bonchev–Trinajstić information content (AvgIpc) is 2.91. The van der Waals surface area contributed by atoms with E-state index in [2.05, 4.69) is 26.7 Å². The smallest absolute Gasteiger partial charge is 0.255 e. The zero-order valence-electron chi connectivity index (χ0n) is 21.2. The van der Waals surface area contributed by atoms with E-state index >= 15 is 0 Å². The molecule has 0 aliphatic heterocycles. The number of fused-ring (bicyclic) bond motifs is 1. The van der Waals surface area contributed by atoms with Gasteiger partial charge in [0.15, 0.2) is 0 Å². The number of carbonyl (C=O) groups is 1. The van der Waals surface area contributed by atoms with Crippen LogP contribution in [0.25, 0.3) is 10.9 Å². The van der Waals surface area contributed by atoms with Gasteiger partial charge in [0.05, 0.1) is 23.6 Å². The van der Waals surface area contributed by atoms with Crippen molar-refractivity contribution in [3.05, 3.63) is 83.7 Å². The van der Waals surface area contributed by atoms with Crippen LogP contribution < -0.4 is 21.1 Å². The van der Waals surface area contributed by atoms with Gasteiger partial charge in [0.25, 0.3) is 5.91 Å². The van der Waals surface area contributed by atoms with Gasteiger partial charge >= 0.3 is 0 Å². The molecule has 1 aromatic heterocycles. The Morgan fingerprint density at radius 2 is 1.95 bits per heavy atom. The Labute approximate surface area is 216 Å². The third-order valence-electron chi connectivity index (χ3n) is 6.10. The van der Waals surface area contributed by atoms with Crippen molar-refractivity contribution in [1.82, 2.24) is 9.97 Å². The van der Waals surface area contributed by atoms with Gasteiger partial charge in [0.1, 0.15) is 17.9 Å². The Kier molecular flexibility index (Phi) is 7.66. The normalized spacial score (nSPS) is 11.1. The Bertz CT molecular complexity index is 1480. The molecule has 0 aliphatic rings. The minimum atomic E-state index is -0.686. The molecule has 8 nitrogen and oxygen atoms in total. The maximum Gasteiger partial charge on any atom is 0.255 e. The van der Waals surface area contributed by atoms with Crippen LogP contribution in [0.1, 0.15) is 41.8 Å². The Balaban J connectivity index is 1.55. The molecule has 4 N–H and O–H groups in total. The highest BCUT2D eigenvalue weighted by atomic mass is 16.5. The van der Waals surface area contributed by atoms with E-state index in [9.17, 15) is 10.1 Å². The number of nitrogens with zero attached hydrogens (tertiary/aromatic N) is 3. The molecule has 0 fully saturated rings. The van der Waals surface area contributed by atoms with Crippen molar-refractivity contribution < 1.29 is 9.53 Å². The van der Waals surface area contributed by atoms with Crippen LogP contribution in [-0.2, 0) is 5.41 Å². The van der Waals surface area contributed by atoms with E-state index < -0.39 is 5.41 Å². The SMILES string of the molecule is Cc1ccc(NC(=O)c2cccc(C(C)(C)C#N)c2)cc1Nc1ncnc2cc(OCCCN)ccc12. The summed E-state index contributed by atoms with van der Waals surface area (Å²) >= 11 is 0. The Morgan fingerprint density at radius 3 is 2.73 bits per heavy atom. The monoisotopic (exact) mass is 494 g/mol. The minimum absolute atomic E-state index is 0.250. The molecule has 1 amide bonds. The molecule has 3 aromatic carbocycles. The van der Waals surface area contributed by atoms with Gasteiger partial charge in [-0.3, -0.25) is 4.79 Å². The maximum absolute atomic E-state index is 13.0. The molecule has 0 bridgehead atoms. The zero-order valence-corrected chi connectivity index (χ0v) is 21.2. The van der Waals surface area contributed by atoms with Crippen molar-refractivity contribution in [2.45, 2.75) is 32.6 Å². The van der Waals surface area contributed by atoms with Crippen LogP contribution in [0.2, 0.25) is 0 Å². The molecule has 1 heterocycles. The van der Waals surface area contributed by atoms with Crippen LogP contribution in [0.5, 0.6) is 5.75 Å². The number of nitrogens with one attached hydrogen (secondary N) is 2. The van der Waals surface area contributed by atoms with Crippen molar-refractivity contribution in [3.8, 4) is 11.8 Å². The second kappa shape index (κ2) is 11.1. The van der Waals surface area contributed by atoms with Gasteiger partial charge in [-0.2, -0.15) is 5.26 Å². The quantitative estimate of drug-likeness (QED) is 0.264. The van der Waals surface area contributed by atoms with Gasteiger partial charge in [-0.05, 0) is 81.3 Å². The Morgan fingerprint density at radius 1 is 1.11 bits per heavy atom. The summed E-state index contributed by atoms with van der Waals surface area (Å²) in [5.41, 5.74) is 9.32. The standard InChI is InChI=1S/C29H30N6O2/c1-19-8-9-22(34-28(36)20-6-4-7-21(14-20)29(2,3)17-31)15-25(19)35-27-24-11-10-23(37-13-5-12-30)16-26(24)32-18-33-27/h4,6-11,14-16,18H,5,12-13,30H2,1-3H3,(H,34,36)(H,32,33,35). The number of amides is 1. The molecule has 0 radical (unpaired) electrons. The summed E-state index contributed by atoms with van der Waals surface area (Å²) in [6, 6.07) is 20.8. The van der Waals surface area contributed by atoms with E-state index in [4.69, 9.17) is 10.5 Å². The molecule has 0 spiro atoms. The van der Waals surface area contributed by atoms with Crippen LogP contribution >= 0.6 is 0 Å². The van der Waals surface area contributed by atoms with E-state index in [-0.39, 0.29) is 5.91 Å². The van der Waals surface area contributed by atoms with Gasteiger partial charge in [0, 0.05) is 28.4 Å². The number of hydrogen-bond acceptors (Lipinski definition) is 7. The lowest BCUT2D eigenvalue weighted by atomic mass is 9.85. The van der Waals surface area contributed by atoms with Gasteiger partial charge in [-0.15, -0.1) is 0 Å². The molecule has 188 valence electrons. The van der Waals surface area contributed by atoms with E-state index in [1.807, 2.05) is 63.2 Å². The number of ether oxygens (including phenoxy) is 1. The lowest BCUT2D eigenvalue weighted by Gasteiger charge is -2.17. The first kappa shape index (κ1) is 25.6. The topological polar surface area (TPSA) is 126 Å². The lowest BCUT2D eigenvalue weighted by Crippen LogP contribution is -2.17. The third-order valence-corrected chi connectivity index (χ3v) is 6.10. The number of hydrogen-bond donors (Lipinski definition) is 3. The lowest BCUT2D eigenvalue weighted by molar-refractivity contribution is 0.102. The highest BCUT2D eigenvalue weighted by Gasteiger charge is 2.21.